The lowest BCUT2D eigenvalue weighted by Gasteiger charge is -2.13. The van der Waals surface area contributed by atoms with Crippen LogP contribution in [0.3, 0.4) is 0 Å². The minimum atomic E-state index is -0.750. The Bertz CT molecular complexity index is 521. The van der Waals surface area contributed by atoms with Crippen LogP contribution in [-0.2, 0) is 4.79 Å². The van der Waals surface area contributed by atoms with Crippen molar-refractivity contribution >= 4 is 27.4 Å². The second kappa shape index (κ2) is 5.29. The highest BCUT2D eigenvalue weighted by Crippen LogP contribution is 2.32. The van der Waals surface area contributed by atoms with Gasteiger partial charge >= 0.3 is 5.97 Å². The number of benzene rings is 1. The van der Waals surface area contributed by atoms with Crippen LogP contribution in [-0.4, -0.2) is 24.7 Å². The molecule has 0 spiro atoms. The summed E-state index contributed by atoms with van der Waals surface area (Å²) in [7, 11) is 1.85. The number of thiophene rings is 1. The first-order valence-corrected chi connectivity index (χ1v) is 6.43. The standard InChI is InChI=1S/C13H15NO2S/c1-14-7-9(6-13(15)16)11-8-17-12-5-3-2-4-10(11)12/h2-5,8-9,14H,6-7H2,1H3,(H,15,16). The van der Waals surface area contributed by atoms with Crippen molar-refractivity contribution in [3.05, 3.63) is 35.2 Å². The van der Waals surface area contributed by atoms with E-state index in [4.69, 9.17) is 5.11 Å². The Hall–Kier alpha value is -1.39. The zero-order chi connectivity index (χ0) is 12.3. The summed E-state index contributed by atoms with van der Waals surface area (Å²) >= 11 is 1.67. The fraction of sp³-hybridized carbons (Fsp3) is 0.308. The minimum absolute atomic E-state index is 0.0358. The van der Waals surface area contributed by atoms with Gasteiger partial charge in [0, 0.05) is 17.2 Å². The lowest BCUT2D eigenvalue weighted by atomic mass is 9.95. The Morgan fingerprint density at radius 3 is 2.94 bits per heavy atom. The summed E-state index contributed by atoms with van der Waals surface area (Å²) in [6.45, 7) is 0.688. The van der Waals surface area contributed by atoms with E-state index >= 15 is 0 Å². The van der Waals surface area contributed by atoms with Gasteiger partial charge in [0.15, 0.2) is 0 Å². The van der Waals surface area contributed by atoms with Crippen LogP contribution in [0.15, 0.2) is 29.6 Å². The van der Waals surface area contributed by atoms with Crippen LogP contribution in [0.2, 0.25) is 0 Å². The lowest BCUT2D eigenvalue weighted by Crippen LogP contribution is -2.19. The van der Waals surface area contributed by atoms with Crippen molar-refractivity contribution in [3.63, 3.8) is 0 Å². The maximum absolute atomic E-state index is 10.9. The van der Waals surface area contributed by atoms with E-state index in [9.17, 15) is 4.79 Å². The molecule has 1 heterocycles. The molecule has 2 rings (SSSR count). The Morgan fingerprint density at radius 2 is 2.24 bits per heavy atom. The van der Waals surface area contributed by atoms with Crippen LogP contribution in [0.1, 0.15) is 17.9 Å². The summed E-state index contributed by atoms with van der Waals surface area (Å²) < 4.78 is 1.22. The average Bonchev–Trinajstić information content (AvgIpc) is 2.71. The smallest absolute Gasteiger partial charge is 0.304 e. The highest BCUT2D eigenvalue weighted by molar-refractivity contribution is 7.17. The van der Waals surface area contributed by atoms with Gasteiger partial charge in [-0.05, 0) is 29.4 Å². The third-order valence-electron chi connectivity index (χ3n) is 2.82. The summed E-state index contributed by atoms with van der Waals surface area (Å²) in [4.78, 5) is 10.9. The topological polar surface area (TPSA) is 49.3 Å². The van der Waals surface area contributed by atoms with Gasteiger partial charge in [0.05, 0.1) is 6.42 Å². The van der Waals surface area contributed by atoms with Crippen LogP contribution in [0.5, 0.6) is 0 Å². The maximum Gasteiger partial charge on any atom is 0.304 e. The van der Waals surface area contributed by atoms with Crippen molar-refractivity contribution < 1.29 is 9.90 Å². The molecule has 0 saturated heterocycles. The molecule has 1 unspecified atom stereocenters. The molecule has 0 amide bonds. The molecule has 0 radical (unpaired) electrons. The van der Waals surface area contributed by atoms with E-state index in [1.54, 1.807) is 11.3 Å². The molecule has 2 N–H and O–H groups in total. The highest BCUT2D eigenvalue weighted by Gasteiger charge is 2.18. The molecule has 1 aromatic heterocycles. The molecule has 0 aliphatic carbocycles. The van der Waals surface area contributed by atoms with Gasteiger partial charge in [-0.15, -0.1) is 11.3 Å². The number of carbonyl (C=O) groups is 1. The van der Waals surface area contributed by atoms with Crippen LogP contribution in [0.4, 0.5) is 0 Å². The third kappa shape index (κ3) is 2.65. The number of hydrogen-bond acceptors (Lipinski definition) is 3. The van der Waals surface area contributed by atoms with Crippen molar-refractivity contribution in [1.29, 1.82) is 0 Å². The molecule has 1 aromatic carbocycles. The first kappa shape index (κ1) is 12.1. The molecule has 0 aliphatic rings. The molecule has 2 aromatic rings. The van der Waals surface area contributed by atoms with Crippen molar-refractivity contribution in [1.82, 2.24) is 5.32 Å². The number of aliphatic carboxylic acids is 1. The van der Waals surface area contributed by atoms with Crippen molar-refractivity contribution in [2.75, 3.05) is 13.6 Å². The SMILES string of the molecule is CNCC(CC(=O)O)c1csc2ccccc12. The molecule has 0 bridgehead atoms. The van der Waals surface area contributed by atoms with Gasteiger partial charge in [-0.2, -0.15) is 0 Å². The van der Waals surface area contributed by atoms with Gasteiger partial charge in [-0.1, -0.05) is 18.2 Å². The Balaban J connectivity index is 2.37. The van der Waals surface area contributed by atoms with Gasteiger partial charge in [0.25, 0.3) is 0 Å². The van der Waals surface area contributed by atoms with E-state index in [0.717, 1.165) is 5.56 Å². The molecule has 3 nitrogen and oxygen atoms in total. The van der Waals surface area contributed by atoms with E-state index in [-0.39, 0.29) is 12.3 Å². The predicted molar refractivity (Wildman–Crippen MR) is 70.7 cm³/mol. The molecule has 0 fully saturated rings. The summed E-state index contributed by atoms with van der Waals surface area (Å²) in [5.74, 6) is -0.714. The highest BCUT2D eigenvalue weighted by atomic mass is 32.1. The average molecular weight is 249 g/mol. The van der Waals surface area contributed by atoms with E-state index in [1.807, 2.05) is 19.2 Å². The monoisotopic (exact) mass is 249 g/mol. The molecule has 1 atom stereocenters. The number of carboxylic acid groups (broad SMARTS) is 1. The molecule has 0 aliphatic heterocycles. The number of fused-ring (bicyclic) bond motifs is 1. The second-order valence-corrected chi connectivity index (χ2v) is 4.95. The normalized spacial score (nSPS) is 12.8. The van der Waals surface area contributed by atoms with Gasteiger partial charge in [0.2, 0.25) is 0 Å². The maximum atomic E-state index is 10.9. The minimum Gasteiger partial charge on any atom is -0.481 e. The zero-order valence-corrected chi connectivity index (χ0v) is 10.5. The third-order valence-corrected chi connectivity index (χ3v) is 3.80. The predicted octanol–water partition coefficient (Wildman–Crippen LogP) is 2.68. The number of rotatable bonds is 5. The molecule has 17 heavy (non-hydrogen) atoms. The molecule has 90 valence electrons. The van der Waals surface area contributed by atoms with Gasteiger partial charge in [-0.3, -0.25) is 4.79 Å². The first-order valence-electron chi connectivity index (χ1n) is 5.55. The lowest BCUT2D eigenvalue weighted by molar-refractivity contribution is -0.137. The molecular formula is C13H15NO2S. The molecular weight excluding hydrogens is 234 g/mol. The second-order valence-electron chi connectivity index (χ2n) is 4.04. The van der Waals surface area contributed by atoms with Crippen LogP contribution >= 0.6 is 11.3 Å². The summed E-state index contributed by atoms with van der Waals surface area (Å²) in [6, 6.07) is 8.13. The number of hydrogen-bond donors (Lipinski definition) is 2. The Kier molecular flexibility index (Phi) is 3.76. The van der Waals surface area contributed by atoms with Crippen LogP contribution in [0, 0.1) is 0 Å². The van der Waals surface area contributed by atoms with E-state index in [1.165, 1.54) is 10.1 Å². The fourth-order valence-electron chi connectivity index (χ4n) is 2.06. The van der Waals surface area contributed by atoms with Crippen molar-refractivity contribution in [3.8, 4) is 0 Å². The van der Waals surface area contributed by atoms with E-state index < -0.39 is 5.97 Å². The number of carboxylic acids is 1. The Labute approximate surface area is 104 Å². The van der Waals surface area contributed by atoms with Gasteiger partial charge < -0.3 is 10.4 Å². The number of likely N-dealkylation sites (N-methyl/N-ethyl adjacent to an activating group) is 1. The molecule has 0 saturated carbocycles. The quantitative estimate of drug-likeness (QED) is 0.856. The van der Waals surface area contributed by atoms with Crippen molar-refractivity contribution in [2.45, 2.75) is 12.3 Å². The summed E-state index contributed by atoms with van der Waals surface area (Å²) in [5.41, 5.74) is 1.14. The number of nitrogens with one attached hydrogen (secondary N) is 1. The molecule has 4 heteroatoms. The van der Waals surface area contributed by atoms with Gasteiger partial charge in [0.1, 0.15) is 0 Å². The van der Waals surface area contributed by atoms with E-state index in [0.29, 0.717) is 6.54 Å². The fourth-order valence-corrected chi connectivity index (χ4v) is 3.11. The largest absolute Gasteiger partial charge is 0.481 e. The first-order chi connectivity index (χ1) is 8.22. The van der Waals surface area contributed by atoms with Crippen LogP contribution in [0.25, 0.3) is 10.1 Å². The summed E-state index contributed by atoms with van der Waals surface area (Å²) in [6.07, 6.45) is 0.168. The van der Waals surface area contributed by atoms with E-state index in [2.05, 4.69) is 22.8 Å². The zero-order valence-electron chi connectivity index (χ0n) is 9.64. The Morgan fingerprint density at radius 1 is 1.47 bits per heavy atom. The summed E-state index contributed by atoms with van der Waals surface area (Å²) in [5, 5.41) is 15.3. The van der Waals surface area contributed by atoms with Crippen molar-refractivity contribution in [2.24, 2.45) is 0 Å². The van der Waals surface area contributed by atoms with Gasteiger partial charge in [-0.25, -0.2) is 0 Å². The van der Waals surface area contributed by atoms with Crippen LogP contribution < -0.4 is 5.32 Å².